The van der Waals surface area contributed by atoms with Crippen LogP contribution in [0, 0.1) is 0 Å². The molecule has 1 fully saturated rings. The highest BCUT2D eigenvalue weighted by atomic mass is 16.5. The smallest absolute Gasteiger partial charge is 0.340 e. The first-order chi connectivity index (χ1) is 10.6. The quantitative estimate of drug-likeness (QED) is 0.636. The molecule has 2 aliphatic rings. The lowest BCUT2D eigenvalue weighted by Gasteiger charge is -2.25. The number of furan rings is 1. The Bertz CT molecular complexity index is 648. The number of ether oxygens (including phenoxy) is 1. The van der Waals surface area contributed by atoms with Crippen molar-refractivity contribution in [1.82, 2.24) is 4.90 Å². The maximum absolute atomic E-state index is 12.8. The average Bonchev–Trinajstić information content (AvgIpc) is 3.22. The molecule has 1 aromatic rings. The van der Waals surface area contributed by atoms with Gasteiger partial charge in [-0.25, -0.2) is 4.79 Å². The van der Waals surface area contributed by atoms with Gasteiger partial charge in [-0.15, -0.1) is 0 Å². The molecule has 3 rings (SSSR count). The highest BCUT2D eigenvalue weighted by molar-refractivity contribution is 6.16. The molecule has 0 atom stereocenters. The number of hydrogen-bond donors (Lipinski definition) is 0. The van der Waals surface area contributed by atoms with Crippen molar-refractivity contribution in [3.63, 3.8) is 0 Å². The molecule has 0 aromatic carbocycles. The number of allylic oxidation sites excluding steroid dienone is 1. The van der Waals surface area contributed by atoms with E-state index in [1.165, 1.54) is 13.4 Å². The Balaban J connectivity index is 2.05. The van der Waals surface area contributed by atoms with E-state index in [1.807, 2.05) is 6.92 Å². The maximum Gasteiger partial charge on any atom is 0.340 e. The van der Waals surface area contributed by atoms with Gasteiger partial charge in [0.2, 0.25) is 0 Å². The van der Waals surface area contributed by atoms with Gasteiger partial charge in [0.15, 0.2) is 0 Å². The topological polar surface area (TPSA) is 59.8 Å². The maximum atomic E-state index is 12.8. The Morgan fingerprint density at radius 3 is 2.73 bits per heavy atom. The molecular weight excluding hydrogens is 282 g/mol. The van der Waals surface area contributed by atoms with Crippen molar-refractivity contribution in [2.75, 3.05) is 7.11 Å². The van der Waals surface area contributed by atoms with E-state index in [9.17, 15) is 9.59 Å². The van der Waals surface area contributed by atoms with Crippen LogP contribution in [0.4, 0.5) is 0 Å². The highest BCUT2D eigenvalue weighted by Gasteiger charge is 2.41. The van der Waals surface area contributed by atoms with Crippen LogP contribution in [-0.4, -0.2) is 29.9 Å². The lowest BCUT2D eigenvalue weighted by Crippen LogP contribution is -2.34. The second kappa shape index (κ2) is 5.83. The molecule has 0 N–H and O–H groups in total. The zero-order chi connectivity index (χ0) is 15.7. The minimum Gasteiger partial charge on any atom is -0.465 e. The minimum atomic E-state index is -0.482. The van der Waals surface area contributed by atoms with E-state index < -0.39 is 5.97 Å². The predicted molar refractivity (Wildman–Crippen MR) is 80.5 cm³/mol. The first-order valence-corrected chi connectivity index (χ1v) is 7.52. The lowest BCUT2D eigenvalue weighted by atomic mass is 10.1. The van der Waals surface area contributed by atoms with Crippen LogP contribution in [0.3, 0.4) is 0 Å². The van der Waals surface area contributed by atoms with Crippen molar-refractivity contribution in [3.05, 3.63) is 41.0 Å². The molecule has 0 spiro atoms. The molecule has 1 aliphatic carbocycles. The summed E-state index contributed by atoms with van der Waals surface area (Å²) in [6.07, 6.45) is 7.35. The summed E-state index contributed by atoms with van der Waals surface area (Å²) in [7, 11) is 1.33. The van der Waals surface area contributed by atoms with E-state index in [2.05, 4.69) is 0 Å². The third-order valence-corrected chi connectivity index (χ3v) is 4.35. The first kappa shape index (κ1) is 14.6. The number of hydrogen-bond acceptors (Lipinski definition) is 4. The summed E-state index contributed by atoms with van der Waals surface area (Å²) in [6, 6.07) is 3.67. The Hall–Kier alpha value is -2.30. The molecule has 2 heterocycles. The molecule has 0 bridgehead atoms. The van der Waals surface area contributed by atoms with E-state index >= 15 is 0 Å². The van der Waals surface area contributed by atoms with Gasteiger partial charge in [-0.1, -0.05) is 12.8 Å². The van der Waals surface area contributed by atoms with Crippen molar-refractivity contribution in [1.29, 1.82) is 0 Å². The fraction of sp³-hybridized carbons (Fsp3) is 0.412. The molecule has 1 aliphatic heterocycles. The summed E-state index contributed by atoms with van der Waals surface area (Å²) in [5.41, 5.74) is 1.38. The Labute approximate surface area is 129 Å². The van der Waals surface area contributed by atoms with Gasteiger partial charge in [0.25, 0.3) is 5.91 Å². The van der Waals surface area contributed by atoms with Gasteiger partial charge in [-0.2, -0.15) is 0 Å². The number of rotatable bonds is 3. The van der Waals surface area contributed by atoms with Gasteiger partial charge in [0.1, 0.15) is 5.76 Å². The molecule has 1 saturated carbocycles. The minimum absolute atomic E-state index is 0.138. The number of amides is 1. The van der Waals surface area contributed by atoms with Crippen LogP contribution in [0.15, 0.2) is 39.7 Å². The third-order valence-electron chi connectivity index (χ3n) is 4.35. The van der Waals surface area contributed by atoms with Gasteiger partial charge in [-0.05, 0) is 38.0 Å². The van der Waals surface area contributed by atoms with Crippen LogP contribution in [0.25, 0.3) is 6.08 Å². The number of carbonyl (C=O) groups excluding carboxylic acids is 2. The molecule has 116 valence electrons. The summed E-state index contributed by atoms with van der Waals surface area (Å²) in [5, 5.41) is 0. The zero-order valence-electron chi connectivity index (χ0n) is 12.8. The highest BCUT2D eigenvalue weighted by Crippen LogP contribution is 2.37. The summed E-state index contributed by atoms with van der Waals surface area (Å²) in [5.74, 6) is -0.0730. The number of esters is 1. The van der Waals surface area contributed by atoms with E-state index in [1.54, 1.807) is 23.1 Å². The third kappa shape index (κ3) is 2.36. The molecule has 0 unspecified atom stereocenters. The van der Waals surface area contributed by atoms with E-state index in [4.69, 9.17) is 9.15 Å². The summed E-state index contributed by atoms with van der Waals surface area (Å²) in [6.45, 7) is 1.81. The van der Waals surface area contributed by atoms with E-state index in [-0.39, 0.29) is 11.9 Å². The number of methoxy groups -OCH3 is 1. The Kier molecular flexibility index (Phi) is 3.88. The van der Waals surface area contributed by atoms with Gasteiger partial charge >= 0.3 is 5.97 Å². The number of carbonyl (C=O) groups is 2. The molecule has 1 aromatic heterocycles. The van der Waals surface area contributed by atoms with Gasteiger partial charge in [0.05, 0.1) is 24.5 Å². The SMILES string of the molecule is COC(=O)C1=C(C)N(C2CCCC2)C(=O)C1=Cc1ccco1. The Morgan fingerprint density at radius 2 is 2.14 bits per heavy atom. The molecular formula is C17H19NO4. The molecule has 0 saturated heterocycles. The van der Waals surface area contributed by atoms with Gasteiger partial charge in [0, 0.05) is 11.7 Å². The fourth-order valence-corrected chi connectivity index (χ4v) is 3.32. The molecule has 1 amide bonds. The van der Waals surface area contributed by atoms with Crippen molar-refractivity contribution < 1.29 is 18.7 Å². The summed E-state index contributed by atoms with van der Waals surface area (Å²) >= 11 is 0. The van der Waals surface area contributed by atoms with Gasteiger partial charge < -0.3 is 14.1 Å². The summed E-state index contributed by atoms with van der Waals surface area (Å²) in [4.78, 5) is 26.7. The van der Waals surface area contributed by atoms with Crippen molar-refractivity contribution in [3.8, 4) is 0 Å². The Morgan fingerprint density at radius 1 is 1.41 bits per heavy atom. The van der Waals surface area contributed by atoms with E-state index in [0.717, 1.165) is 25.7 Å². The van der Waals surface area contributed by atoms with Crippen LogP contribution in [0.5, 0.6) is 0 Å². The first-order valence-electron chi connectivity index (χ1n) is 7.52. The summed E-state index contributed by atoms with van der Waals surface area (Å²) < 4.78 is 10.1. The van der Waals surface area contributed by atoms with Crippen molar-refractivity contribution in [2.45, 2.75) is 38.6 Å². The molecule has 0 radical (unpaired) electrons. The van der Waals surface area contributed by atoms with Crippen LogP contribution in [0.2, 0.25) is 0 Å². The lowest BCUT2D eigenvalue weighted by molar-refractivity contribution is -0.136. The normalized spacial score (nSPS) is 21.3. The zero-order valence-corrected chi connectivity index (χ0v) is 12.8. The fourth-order valence-electron chi connectivity index (χ4n) is 3.32. The predicted octanol–water partition coefficient (Wildman–Crippen LogP) is 2.89. The van der Waals surface area contributed by atoms with Crippen LogP contribution >= 0.6 is 0 Å². The average molecular weight is 301 g/mol. The molecule has 5 nitrogen and oxygen atoms in total. The van der Waals surface area contributed by atoms with Crippen LogP contribution in [-0.2, 0) is 14.3 Å². The second-order valence-corrected chi connectivity index (χ2v) is 5.64. The van der Waals surface area contributed by atoms with Crippen LogP contribution in [0.1, 0.15) is 38.4 Å². The monoisotopic (exact) mass is 301 g/mol. The second-order valence-electron chi connectivity index (χ2n) is 5.64. The van der Waals surface area contributed by atoms with Crippen molar-refractivity contribution in [2.24, 2.45) is 0 Å². The van der Waals surface area contributed by atoms with Gasteiger partial charge in [-0.3, -0.25) is 4.79 Å². The largest absolute Gasteiger partial charge is 0.465 e. The standard InChI is InChI=1S/C17H19NO4/c1-11-15(17(20)21-2)14(10-13-8-5-9-22-13)16(19)18(11)12-6-3-4-7-12/h5,8-10,12H,3-4,6-7H2,1-2H3. The molecule has 22 heavy (non-hydrogen) atoms. The van der Waals surface area contributed by atoms with E-state index in [0.29, 0.717) is 22.6 Å². The van der Waals surface area contributed by atoms with Crippen molar-refractivity contribution >= 4 is 18.0 Å². The van der Waals surface area contributed by atoms with Crippen LogP contribution < -0.4 is 0 Å². The molecule has 5 heteroatoms. The number of nitrogens with zero attached hydrogens (tertiary/aromatic N) is 1.